The summed E-state index contributed by atoms with van der Waals surface area (Å²) in [6.07, 6.45) is 1.90. The van der Waals surface area contributed by atoms with Crippen molar-refractivity contribution in [3.05, 3.63) is 103 Å². The second kappa shape index (κ2) is 6.22. The van der Waals surface area contributed by atoms with Crippen molar-refractivity contribution >= 4 is 21.7 Å². The van der Waals surface area contributed by atoms with E-state index in [4.69, 9.17) is 4.74 Å². The number of hydrogen-bond donors (Lipinski definition) is 2. The van der Waals surface area contributed by atoms with E-state index in [9.17, 15) is 9.59 Å². The number of benzene rings is 2. The Hall–Kier alpha value is -2.86. The van der Waals surface area contributed by atoms with E-state index in [2.05, 4.69) is 25.9 Å². The Labute approximate surface area is 151 Å². The molecule has 2 N–H and O–H groups in total. The highest BCUT2D eigenvalue weighted by Gasteiger charge is 2.28. The molecule has 1 aliphatic rings. The van der Waals surface area contributed by atoms with E-state index in [1.807, 2.05) is 60.7 Å². The Morgan fingerprint density at radius 3 is 2.36 bits per heavy atom. The lowest BCUT2D eigenvalue weighted by Crippen LogP contribution is -2.30. The van der Waals surface area contributed by atoms with E-state index in [1.165, 1.54) is 0 Å². The minimum atomic E-state index is -0.590. The number of fused-ring (bicyclic) bond motifs is 1. The zero-order valence-corrected chi connectivity index (χ0v) is 14.5. The van der Waals surface area contributed by atoms with E-state index in [0.29, 0.717) is 11.3 Å². The molecule has 1 aliphatic heterocycles. The van der Waals surface area contributed by atoms with Gasteiger partial charge in [0.25, 0.3) is 5.56 Å². The van der Waals surface area contributed by atoms with Crippen LogP contribution in [0.3, 0.4) is 0 Å². The highest BCUT2D eigenvalue weighted by molar-refractivity contribution is 9.10. The smallest absolute Gasteiger partial charge is 0.328 e. The van der Waals surface area contributed by atoms with Gasteiger partial charge in [-0.15, -0.1) is 0 Å². The molecule has 25 heavy (non-hydrogen) atoms. The first-order chi connectivity index (χ1) is 12.1. The predicted octanol–water partition coefficient (Wildman–Crippen LogP) is 3.39. The molecule has 0 bridgehead atoms. The van der Waals surface area contributed by atoms with Gasteiger partial charge in [0.05, 0.1) is 5.56 Å². The summed E-state index contributed by atoms with van der Waals surface area (Å²) in [6, 6.07) is 17.3. The third kappa shape index (κ3) is 2.96. The second-order valence-electron chi connectivity index (χ2n) is 5.68. The van der Waals surface area contributed by atoms with Gasteiger partial charge in [-0.05, 0) is 23.8 Å². The van der Waals surface area contributed by atoms with Crippen LogP contribution in [0.25, 0.3) is 5.76 Å². The van der Waals surface area contributed by atoms with Gasteiger partial charge in [-0.3, -0.25) is 14.8 Å². The Morgan fingerprint density at radius 2 is 1.64 bits per heavy atom. The van der Waals surface area contributed by atoms with Crippen LogP contribution in [0.15, 0.2) is 74.7 Å². The predicted molar refractivity (Wildman–Crippen MR) is 98.7 cm³/mol. The average Bonchev–Trinajstić information content (AvgIpc) is 2.62. The number of halogens is 1. The summed E-state index contributed by atoms with van der Waals surface area (Å²) < 4.78 is 6.78. The van der Waals surface area contributed by atoms with Gasteiger partial charge in [0, 0.05) is 16.0 Å². The topological polar surface area (TPSA) is 75.0 Å². The number of nitrogens with one attached hydrogen (secondary N) is 2. The highest BCUT2D eigenvalue weighted by atomic mass is 79.9. The molecule has 4 rings (SSSR count). The summed E-state index contributed by atoms with van der Waals surface area (Å²) in [6.45, 7) is 0. The molecule has 0 saturated carbocycles. The van der Waals surface area contributed by atoms with Gasteiger partial charge in [-0.1, -0.05) is 58.4 Å². The highest BCUT2D eigenvalue weighted by Crippen LogP contribution is 2.37. The number of hydrogen-bond acceptors (Lipinski definition) is 3. The molecule has 0 radical (unpaired) electrons. The molecule has 5 nitrogen and oxygen atoms in total. The summed E-state index contributed by atoms with van der Waals surface area (Å²) in [5, 5.41) is 0. The van der Waals surface area contributed by atoms with Crippen molar-refractivity contribution in [1.29, 1.82) is 0 Å². The fraction of sp³-hybridized carbons (Fsp3) is 0.0526. The summed E-state index contributed by atoms with van der Waals surface area (Å²) in [5.41, 5.74) is 1.15. The van der Waals surface area contributed by atoms with E-state index in [-0.39, 0.29) is 11.8 Å². The summed E-state index contributed by atoms with van der Waals surface area (Å²) in [5.74, 6) is 0.456. The zero-order chi connectivity index (χ0) is 17.4. The van der Waals surface area contributed by atoms with Crippen LogP contribution in [0, 0.1) is 0 Å². The molecule has 6 heteroatoms. The van der Waals surface area contributed by atoms with Crippen molar-refractivity contribution in [2.24, 2.45) is 0 Å². The molecule has 0 spiro atoms. The SMILES string of the molecule is O=c1[nH]c2c(c(=O)[nH]1)[C@H](c1ccc(Br)cc1)C=C(c1ccccc1)O2. The van der Waals surface area contributed by atoms with Crippen LogP contribution in [0.1, 0.15) is 22.6 Å². The lowest BCUT2D eigenvalue weighted by atomic mass is 9.89. The monoisotopic (exact) mass is 396 g/mol. The van der Waals surface area contributed by atoms with Gasteiger partial charge in [-0.2, -0.15) is 0 Å². The fourth-order valence-corrected chi connectivity index (χ4v) is 3.17. The van der Waals surface area contributed by atoms with Crippen LogP contribution in [0.2, 0.25) is 0 Å². The number of aromatic nitrogens is 2. The van der Waals surface area contributed by atoms with Crippen LogP contribution in [-0.4, -0.2) is 9.97 Å². The van der Waals surface area contributed by atoms with Crippen molar-refractivity contribution in [3.63, 3.8) is 0 Å². The molecule has 1 atom stereocenters. The first kappa shape index (κ1) is 15.7. The first-order valence-corrected chi connectivity index (χ1v) is 8.48. The Balaban J connectivity index is 1.93. The molecule has 0 saturated heterocycles. The molecule has 0 fully saturated rings. The molecular weight excluding hydrogens is 384 g/mol. The maximum absolute atomic E-state index is 12.4. The van der Waals surface area contributed by atoms with Crippen molar-refractivity contribution in [1.82, 2.24) is 9.97 Å². The Kier molecular flexibility index (Phi) is 3.89. The van der Waals surface area contributed by atoms with Crippen LogP contribution in [0.4, 0.5) is 0 Å². The number of rotatable bonds is 2. The number of H-pyrrole nitrogens is 2. The van der Waals surface area contributed by atoms with Crippen LogP contribution in [0.5, 0.6) is 5.88 Å². The third-order valence-electron chi connectivity index (χ3n) is 4.07. The summed E-state index contributed by atoms with van der Waals surface area (Å²) in [4.78, 5) is 28.9. The molecule has 0 aliphatic carbocycles. The van der Waals surface area contributed by atoms with Gasteiger partial charge in [0.2, 0.25) is 5.88 Å². The number of allylic oxidation sites excluding steroid dienone is 1. The van der Waals surface area contributed by atoms with Crippen molar-refractivity contribution in [2.75, 3.05) is 0 Å². The minimum Gasteiger partial charge on any atom is -0.440 e. The molecule has 1 aromatic heterocycles. The van der Waals surface area contributed by atoms with E-state index >= 15 is 0 Å². The van der Waals surface area contributed by atoms with Crippen molar-refractivity contribution in [2.45, 2.75) is 5.92 Å². The average molecular weight is 397 g/mol. The number of ether oxygens (including phenoxy) is 1. The molecule has 0 unspecified atom stereocenters. The normalized spacial score (nSPS) is 15.9. The molecule has 2 aromatic carbocycles. The Morgan fingerprint density at radius 1 is 0.920 bits per heavy atom. The number of aromatic amines is 2. The second-order valence-corrected chi connectivity index (χ2v) is 6.59. The van der Waals surface area contributed by atoms with E-state index in [1.54, 1.807) is 0 Å². The van der Waals surface area contributed by atoms with Crippen LogP contribution in [-0.2, 0) is 0 Å². The van der Waals surface area contributed by atoms with Gasteiger partial charge < -0.3 is 4.74 Å². The maximum atomic E-state index is 12.4. The van der Waals surface area contributed by atoms with Gasteiger partial charge >= 0.3 is 5.69 Å². The molecule has 0 amide bonds. The minimum absolute atomic E-state index is 0.183. The summed E-state index contributed by atoms with van der Waals surface area (Å²) in [7, 11) is 0. The van der Waals surface area contributed by atoms with Crippen molar-refractivity contribution in [3.8, 4) is 5.88 Å². The first-order valence-electron chi connectivity index (χ1n) is 7.69. The molecule has 124 valence electrons. The zero-order valence-electron chi connectivity index (χ0n) is 13.0. The molecule has 2 heterocycles. The third-order valence-corrected chi connectivity index (χ3v) is 4.60. The standard InChI is InChI=1S/C19H13BrN2O3/c20-13-8-6-11(7-9-13)14-10-15(12-4-2-1-3-5-12)25-18-16(14)17(23)21-19(24)22-18/h1-10,14H,(H2,21,22,23,24)/t14-/m0/s1. The maximum Gasteiger partial charge on any atom is 0.328 e. The van der Waals surface area contributed by atoms with E-state index in [0.717, 1.165) is 15.6 Å². The van der Waals surface area contributed by atoms with Crippen LogP contribution < -0.4 is 16.0 Å². The molecular formula is C19H13BrN2O3. The molecule has 3 aromatic rings. The lowest BCUT2D eigenvalue weighted by molar-refractivity contribution is 0.464. The van der Waals surface area contributed by atoms with Crippen molar-refractivity contribution < 1.29 is 4.74 Å². The lowest BCUT2D eigenvalue weighted by Gasteiger charge is -2.24. The quantitative estimate of drug-likeness (QED) is 0.696. The Bertz CT molecular complexity index is 1070. The van der Waals surface area contributed by atoms with Gasteiger partial charge in [0.15, 0.2) is 0 Å². The largest absolute Gasteiger partial charge is 0.440 e. The van der Waals surface area contributed by atoms with Gasteiger partial charge in [-0.25, -0.2) is 4.79 Å². The van der Waals surface area contributed by atoms with E-state index < -0.39 is 11.2 Å². The fourth-order valence-electron chi connectivity index (χ4n) is 2.91. The summed E-state index contributed by atoms with van der Waals surface area (Å²) >= 11 is 3.42. The van der Waals surface area contributed by atoms with Crippen LogP contribution >= 0.6 is 15.9 Å². The van der Waals surface area contributed by atoms with Gasteiger partial charge in [0.1, 0.15) is 5.76 Å².